The molecule has 0 aliphatic carbocycles. The smallest absolute Gasteiger partial charge is 0.261 e. The quantitative estimate of drug-likeness (QED) is 0.665. The Kier molecular flexibility index (Phi) is 8.46. The number of carbonyl (C=O) groups is 2. The van der Waals surface area contributed by atoms with Gasteiger partial charge in [0.25, 0.3) is 5.91 Å². The van der Waals surface area contributed by atoms with Gasteiger partial charge < -0.3 is 15.0 Å². The summed E-state index contributed by atoms with van der Waals surface area (Å²) < 4.78 is 18.8. The van der Waals surface area contributed by atoms with Gasteiger partial charge in [-0.1, -0.05) is 43.6 Å². The normalized spacial score (nSPS) is 11.8. The lowest BCUT2D eigenvalue weighted by molar-refractivity contribution is -0.142. The number of benzene rings is 2. The number of ether oxygens (including phenoxy) is 1. The topological polar surface area (TPSA) is 58.6 Å². The van der Waals surface area contributed by atoms with Gasteiger partial charge in [-0.3, -0.25) is 9.59 Å². The first kappa shape index (κ1) is 22.7. The van der Waals surface area contributed by atoms with Gasteiger partial charge in [-0.25, -0.2) is 4.39 Å². The second-order valence-electron chi connectivity index (χ2n) is 7.21. The van der Waals surface area contributed by atoms with Gasteiger partial charge in [0.05, 0.1) is 0 Å². The van der Waals surface area contributed by atoms with Crippen LogP contribution in [0.5, 0.6) is 5.75 Å². The van der Waals surface area contributed by atoms with Crippen molar-refractivity contribution in [3.8, 4) is 5.75 Å². The van der Waals surface area contributed by atoms with E-state index in [2.05, 4.69) is 5.32 Å². The third-order valence-corrected chi connectivity index (χ3v) is 4.51. The van der Waals surface area contributed by atoms with Crippen molar-refractivity contribution in [3.63, 3.8) is 0 Å². The Hall–Kier alpha value is -2.60. The summed E-state index contributed by atoms with van der Waals surface area (Å²) in [6.07, 6.45) is 0. The maximum Gasteiger partial charge on any atom is 0.261 e. The van der Waals surface area contributed by atoms with Crippen LogP contribution in [0.1, 0.15) is 26.3 Å². The van der Waals surface area contributed by atoms with Crippen molar-refractivity contribution >= 4 is 23.4 Å². The Morgan fingerprint density at radius 3 is 2.45 bits per heavy atom. The van der Waals surface area contributed by atoms with Crippen LogP contribution in [-0.4, -0.2) is 35.9 Å². The van der Waals surface area contributed by atoms with E-state index in [4.69, 9.17) is 16.3 Å². The third kappa shape index (κ3) is 7.38. The van der Waals surface area contributed by atoms with Gasteiger partial charge in [0.2, 0.25) is 5.91 Å². The second kappa shape index (κ2) is 10.8. The first-order chi connectivity index (χ1) is 13.8. The summed E-state index contributed by atoms with van der Waals surface area (Å²) in [6, 6.07) is 11.8. The molecule has 7 heteroatoms. The van der Waals surface area contributed by atoms with Crippen LogP contribution < -0.4 is 10.1 Å². The third-order valence-electron chi connectivity index (χ3n) is 4.28. The highest BCUT2D eigenvalue weighted by Gasteiger charge is 2.26. The zero-order valence-corrected chi connectivity index (χ0v) is 17.6. The van der Waals surface area contributed by atoms with E-state index >= 15 is 0 Å². The van der Waals surface area contributed by atoms with E-state index in [-0.39, 0.29) is 30.8 Å². The monoisotopic (exact) mass is 420 g/mol. The summed E-state index contributed by atoms with van der Waals surface area (Å²) in [5.74, 6) is -0.222. The highest BCUT2D eigenvalue weighted by Crippen LogP contribution is 2.18. The van der Waals surface area contributed by atoms with Gasteiger partial charge in [-0.15, -0.1) is 0 Å². The van der Waals surface area contributed by atoms with Crippen molar-refractivity contribution in [1.29, 1.82) is 0 Å². The number of nitrogens with zero attached hydrogens (tertiary/aromatic N) is 1. The van der Waals surface area contributed by atoms with Crippen LogP contribution in [-0.2, 0) is 16.1 Å². The molecule has 0 bridgehead atoms. The van der Waals surface area contributed by atoms with Crippen molar-refractivity contribution in [3.05, 3.63) is 64.9 Å². The molecule has 5 nitrogen and oxygen atoms in total. The van der Waals surface area contributed by atoms with Crippen LogP contribution in [0.25, 0.3) is 0 Å². The van der Waals surface area contributed by atoms with E-state index in [0.29, 0.717) is 28.8 Å². The molecule has 1 atom stereocenters. The highest BCUT2D eigenvalue weighted by molar-refractivity contribution is 6.30. The Morgan fingerprint density at radius 1 is 1.14 bits per heavy atom. The van der Waals surface area contributed by atoms with Crippen LogP contribution in [0.2, 0.25) is 5.02 Å². The van der Waals surface area contributed by atoms with Crippen LogP contribution in [0.3, 0.4) is 0 Å². The van der Waals surface area contributed by atoms with E-state index < -0.39 is 6.04 Å². The number of hydrogen-bond donors (Lipinski definition) is 1. The van der Waals surface area contributed by atoms with Crippen molar-refractivity contribution in [1.82, 2.24) is 10.2 Å². The molecule has 1 N–H and O–H groups in total. The fraction of sp³-hybridized carbons (Fsp3) is 0.364. The zero-order valence-electron chi connectivity index (χ0n) is 16.8. The zero-order chi connectivity index (χ0) is 21.4. The van der Waals surface area contributed by atoms with Gasteiger partial charge >= 0.3 is 0 Å². The van der Waals surface area contributed by atoms with E-state index in [1.165, 1.54) is 17.0 Å². The molecule has 0 aromatic heterocycles. The minimum absolute atomic E-state index is 0.161. The van der Waals surface area contributed by atoms with E-state index in [0.717, 1.165) is 0 Å². The van der Waals surface area contributed by atoms with E-state index in [1.54, 1.807) is 43.3 Å². The molecule has 0 aliphatic heterocycles. The van der Waals surface area contributed by atoms with Crippen LogP contribution >= 0.6 is 11.6 Å². The molecule has 0 fully saturated rings. The number of carbonyl (C=O) groups excluding carboxylic acids is 2. The molecule has 0 heterocycles. The Bertz CT molecular complexity index is 827. The first-order valence-electron chi connectivity index (χ1n) is 9.46. The molecule has 0 unspecified atom stereocenters. The summed E-state index contributed by atoms with van der Waals surface area (Å²) in [5, 5.41) is 3.34. The summed E-state index contributed by atoms with van der Waals surface area (Å²) in [7, 11) is 0. The van der Waals surface area contributed by atoms with E-state index in [1.807, 2.05) is 13.8 Å². The SMILES string of the molecule is CC(C)CNC(=O)[C@@H](C)N(Cc1ccc(F)cc1)C(=O)COc1cccc(Cl)c1. The van der Waals surface area contributed by atoms with E-state index in [9.17, 15) is 14.0 Å². The molecule has 0 aliphatic rings. The second-order valence-corrected chi connectivity index (χ2v) is 7.65. The molecule has 0 radical (unpaired) electrons. The molecule has 0 saturated carbocycles. The maximum atomic E-state index is 13.2. The summed E-state index contributed by atoms with van der Waals surface area (Å²) in [4.78, 5) is 26.8. The predicted molar refractivity (Wildman–Crippen MR) is 111 cm³/mol. The average Bonchev–Trinajstić information content (AvgIpc) is 2.69. The molecular formula is C22H26ClFN2O3. The summed E-state index contributed by atoms with van der Waals surface area (Å²) >= 11 is 5.94. The predicted octanol–water partition coefficient (Wildman–Crippen LogP) is 4.05. The Balaban J connectivity index is 2.12. The maximum absolute atomic E-state index is 13.2. The number of hydrogen-bond acceptors (Lipinski definition) is 3. The van der Waals surface area contributed by atoms with Crippen molar-refractivity contribution in [2.24, 2.45) is 5.92 Å². The molecule has 2 amide bonds. The molecule has 2 aromatic carbocycles. The van der Waals surface area contributed by atoms with Crippen LogP contribution in [0.15, 0.2) is 48.5 Å². The number of amides is 2. The molecule has 0 saturated heterocycles. The molecule has 0 spiro atoms. The molecule has 2 aromatic rings. The number of rotatable bonds is 9. The lowest BCUT2D eigenvalue weighted by Gasteiger charge is -2.29. The highest BCUT2D eigenvalue weighted by atomic mass is 35.5. The van der Waals surface area contributed by atoms with Gasteiger partial charge in [0.1, 0.15) is 17.6 Å². The van der Waals surface area contributed by atoms with Crippen molar-refractivity contribution < 1.29 is 18.7 Å². The first-order valence-corrected chi connectivity index (χ1v) is 9.84. The van der Waals surface area contributed by atoms with Crippen molar-refractivity contribution in [2.45, 2.75) is 33.4 Å². The van der Waals surface area contributed by atoms with Gasteiger partial charge in [0, 0.05) is 18.1 Å². The summed E-state index contributed by atoms with van der Waals surface area (Å²) in [5.41, 5.74) is 0.714. The lowest BCUT2D eigenvalue weighted by Crippen LogP contribution is -2.49. The summed E-state index contributed by atoms with van der Waals surface area (Å²) in [6.45, 7) is 6.07. The molecule has 156 valence electrons. The fourth-order valence-corrected chi connectivity index (χ4v) is 2.79. The van der Waals surface area contributed by atoms with Crippen LogP contribution in [0, 0.1) is 11.7 Å². The van der Waals surface area contributed by atoms with Crippen LogP contribution in [0.4, 0.5) is 4.39 Å². The standard InChI is InChI=1S/C22H26ClFN2O3/c1-15(2)12-25-22(28)16(3)26(13-17-7-9-19(24)10-8-17)21(27)14-29-20-6-4-5-18(23)11-20/h4-11,15-16H,12-14H2,1-3H3,(H,25,28)/t16-/m1/s1. The fourth-order valence-electron chi connectivity index (χ4n) is 2.61. The Labute approximate surface area is 175 Å². The lowest BCUT2D eigenvalue weighted by atomic mass is 10.1. The van der Waals surface area contributed by atoms with Gasteiger partial charge in [0.15, 0.2) is 6.61 Å². The van der Waals surface area contributed by atoms with Gasteiger partial charge in [-0.2, -0.15) is 0 Å². The molecule has 2 rings (SSSR count). The molecular weight excluding hydrogens is 395 g/mol. The molecule has 29 heavy (non-hydrogen) atoms. The largest absolute Gasteiger partial charge is 0.484 e. The minimum atomic E-state index is -0.714. The number of nitrogens with one attached hydrogen (secondary N) is 1. The number of halogens is 2. The van der Waals surface area contributed by atoms with Gasteiger partial charge in [-0.05, 0) is 48.7 Å². The average molecular weight is 421 g/mol. The van der Waals surface area contributed by atoms with Crippen molar-refractivity contribution in [2.75, 3.05) is 13.2 Å². The Morgan fingerprint density at radius 2 is 1.83 bits per heavy atom. The minimum Gasteiger partial charge on any atom is -0.484 e.